The third-order valence-electron chi connectivity index (χ3n) is 1.92. The summed E-state index contributed by atoms with van der Waals surface area (Å²) in [5.74, 6) is 0. The lowest BCUT2D eigenvalue weighted by atomic mass is 10.1. The zero-order valence-corrected chi connectivity index (χ0v) is 7.30. The minimum atomic E-state index is 1.18. The molecule has 1 aromatic rings. The van der Waals surface area contributed by atoms with E-state index in [1.807, 2.05) is 12.3 Å². The topological polar surface area (TPSA) is 12.9 Å². The Kier molecular flexibility index (Phi) is 3.09. The lowest BCUT2D eigenvalue weighted by molar-refractivity contribution is 0.786. The van der Waals surface area contributed by atoms with E-state index >= 15 is 0 Å². The zero-order chi connectivity index (χ0) is 8.10. The summed E-state index contributed by atoms with van der Waals surface area (Å²) < 4.78 is 0. The van der Waals surface area contributed by atoms with Gasteiger partial charge in [-0.25, -0.2) is 0 Å². The van der Waals surface area contributed by atoms with Crippen molar-refractivity contribution in [2.24, 2.45) is 0 Å². The van der Waals surface area contributed by atoms with Crippen LogP contribution in [0, 0.1) is 6.92 Å². The van der Waals surface area contributed by atoms with Crippen LogP contribution >= 0.6 is 0 Å². The molecule has 1 heterocycles. The van der Waals surface area contributed by atoms with Gasteiger partial charge < -0.3 is 0 Å². The van der Waals surface area contributed by atoms with E-state index in [2.05, 4.69) is 24.9 Å². The minimum absolute atomic E-state index is 1.18. The third-order valence-corrected chi connectivity index (χ3v) is 1.92. The van der Waals surface area contributed by atoms with E-state index in [-0.39, 0.29) is 0 Å². The highest BCUT2D eigenvalue weighted by atomic mass is 14.7. The summed E-state index contributed by atoms with van der Waals surface area (Å²) in [7, 11) is 0. The molecule has 1 heteroatoms. The molecule has 11 heavy (non-hydrogen) atoms. The fraction of sp³-hybridized carbons (Fsp3) is 0.500. The van der Waals surface area contributed by atoms with E-state index in [0.717, 1.165) is 0 Å². The van der Waals surface area contributed by atoms with Gasteiger partial charge in [0.1, 0.15) is 0 Å². The van der Waals surface area contributed by atoms with Crippen molar-refractivity contribution in [1.29, 1.82) is 0 Å². The number of pyridine rings is 1. The zero-order valence-electron chi connectivity index (χ0n) is 7.30. The van der Waals surface area contributed by atoms with Gasteiger partial charge in [-0.3, -0.25) is 4.98 Å². The van der Waals surface area contributed by atoms with Gasteiger partial charge in [0.2, 0.25) is 0 Å². The molecule has 1 nitrogen and oxygen atoms in total. The number of aromatic nitrogens is 1. The van der Waals surface area contributed by atoms with Crippen LogP contribution in [0.15, 0.2) is 18.3 Å². The molecule has 0 bridgehead atoms. The van der Waals surface area contributed by atoms with Crippen molar-refractivity contribution in [3.8, 4) is 0 Å². The second kappa shape index (κ2) is 4.12. The van der Waals surface area contributed by atoms with Crippen LogP contribution < -0.4 is 0 Å². The molecule has 1 rings (SSSR count). The predicted molar refractivity (Wildman–Crippen MR) is 47.6 cm³/mol. The molecule has 0 aliphatic heterocycles. The van der Waals surface area contributed by atoms with E-state index < -0.39 is 0 Å². The van der Waals surface area contributed by atoms with Crippen LogP contribution in [0.1, 0.15) is 31.0 Å². The Morgan fingerprint density at radius 3 is 2.91 bits per heavy atom. The molecule has 0 N–H and O–H groups in total. The number of hydrogen-bond donors (Lipinski definition) is 0. The molecule has 0 radical (unpaired) electrons. The Labute approximate surface area is 68.5 Å². The molecule has 0 unspecified atom stereocenters. The highest BCUT2D eigenvalue weighted by Gasteiger charge is 1.95. The Morgan fingerprint density at radius 2 is 2.27 bits per heavy atom. The number of hydrogen-bond acceptors (Lipinski definition) is 1. The van der Waals surface area contributed by atoms with Gasteiger partial charge in [0, 0.05) is 11.9 Å². The predicted octanol–water partition coefficient (Wildman–Crippen LogP) is 2.73. The summed E-state index contributed by atoms with van der Waals surface area (Å²) in [6.07, 6.45) is 5.56. The van der Waals surface area contributed by atoms with Crippen LogP contribution in [0.3, 0.4) is 0 Å². The van der Waals surface area contributed by atoms with Crippen LogP contribution in [0.4, 0.5) is 0 Å². The van der Waals surface area contributed by atoms with Crippen molar-refractivity contribution >= 4 is 0 Å². The standard InChI is InChI=1S/C10H15N/c1-3-4-6-10-7-5-8-11-9(10)2/h5,7-8H,3-4,6H2,1-2H3. The van der Waals surface area contributed by atoms with Crippen molar-refractivity contribution in [3.63, 3.8) is 0 Å². The quantitative estimate of drug-likeness (QED) is 0.644. The van der Waals surface area contributed by atoms with Gasteiger partial charge in [0.25, 0.3) is 0 Å². The van der Waals surface area contributed by atoms with E-state index in [9.17, 15) is 0 Å². The number of unbranched alkanes of at least 4 members (excludes halogenated alkanes) is 1. The van der Waals surface area contributed by atoms with Crippen LogP contribution in [-0.4, -0.2) is 4.98 Å². The highest BCUT2D eigenvalue weighted by Crippen LogP contribution is 2.07. The molecule has 0 aromatic carbocycles. The molecule has 0 saturated heterocycles. The Balaban J connectivity index is 2.62. The lowest BCUT2D eigenvalue weighted by Gasteiger charge is -2.01. The van der Waals surface area contributed by atoms with Gasteiger partial charge in [-0.15, -0.1) is 0 Å². The van der Waals surface area contributed by atoms with Crippen LogP contribution in [-0.2, 0) is 6.42 Å². The molecule has 0 spiro atoms. The maximum atomic E-state index is 4.23. The summed E-state index contributed by atoms with van der Waals surface area (Å²) in [6, 6.07) is 4.18. The molecule has 0 fully saturated rings. The molecule has 0 aliphatic carbocycles. The highest BCUT2D eigenvalue weighted by molar-refractivity contribution is 5.17. The Bertz CT molecular complexity index is 218. The number of aryl methyl sites for hydroxylation is 2. The fourth-order valence-corrected chi connectivity index (χ4v) is 1.15. The molecule has 0 atom stereocenters. The molecule has 0 saturated carbocycles. The van der Waals surface area contributed by atoms with Crippen molar-refractivity contribution in [2.75, 3.05) is 0 Å². The van der Waals surface area contributed by atoms with E-state index in [0.29, 0.717) is 0 Å². The summed E-state index contributed by atoms with van der Waals surface area (Å²) in [4.78, 5) is 4.23. The molecule has 60 valence electrons. The monoisotopic (exact) mass is 149 g/mol. The summed E-state index contributed by atoms with van der Waals surface area (Å²) in [6.45, 7) is 4.29. The fourth-order valence-electron chi connectivity index (χ4n) is 1.15. The summed E-state index contributed by atoms with van der Waals surface area (Å²) >= 11 is 0. The van der Waals surface area contributed by atoms with Crippen LogP contribution in [0.25, 0.3) is 0 Å². The molecular weight excluding hydrogens is 134 g/mol. The first kappa shape index (κ1) is 8.25. The SMILES string of the molecule is CCCCc1cccnc1C. The molecule has 0 amide bonds. The van der Waals surface area contributed by atoms with Crippen molar-refractivity contribution in [3.05, 3.63) is 29.6 Å². The maximum absolute atomic E-state index is 4.23. The minimum Gasteiger partial charge on any atom is -0.261 e. The summed E-state index contributed by atoms with van der Waals surface area (Å²) in [5, 5.41) is 0. The molecular formula is C10H15N. The number of nitrogens with zero attached hydrogens (tertiary/aromatic N) is 1. The van der Waals surface area contributed by atoms with E-state index in [4.69, 9.17) is 0 Å². The van der Waals surface area contributed by atoms with Crippen LogP contribution in [0.5, 0.6) is 0 Å². The summed E-state index contributed by atoms with van der Waals surface area (Å²) in [5.41, 5.74) is 2.58. The smallest absolute Gasteiger partial charge is 0.0404 e. The molecule has 1 aromatic heterocycles. The van der Waals surface area contributed by atoms with Gasteiger partial charge in [0.05, 0.1) is 0 Å². The second-order valence-corrected chi connectivity index (χ2v) is 2.85. The van der Waals surface area contributed by atoms with E-state index in [1.54, 1.807) is 0 Å². The van der Waals surface area contributed by atoms with Gasteiger partial charge >= 0.3 is 0 Å². The third kappa shape index (κ3) is 2.34. The van der Waals surface area contributed by atoms with Gasteiger partial charge in [-0.1, -0.05) is 19.4 Å². The first-order chi connectivity index (χ1) is 5.34. The lowest BCUT2D eigenvalue weighted by Crippen LogP contribution is -1.91. The van der Waals surface area contributed by atoms with Crippen molar-refractivity contribution < 1.29 is 0 Å². The molecule has 0 aliphatic rings. The van der Waals surface area contributed by atoms with Gasteiger partial charge in [-0.05, 0) is 31.4 Å². The number of rotatable bonds is 3. The van der Waals surface area contributed by atoms with E-state index in [1.165, 1.54) is 30.5 Å². The second-order valence-electron chi connectivity index (χ2n) is 2.85. The average Bonchev–Trinajstić information content (AvgIpc) is 2.03. The normalized spacial score (nSPS) is 10.0. The van der Waals surface area contributed by atoms with Crippen molar-refractivity contribution in [2.45, 2.75) is 33.1 Å². The Morgan fingerprint density at radius 1 is 1.45 bits per heavy atom. The Hall–Kier alpha value is -0.850. The van der Waals surface area contributed by atoms with Gasteiger partial charge in [0.15, 0.2) is 0 Å². The largest absolute Gasteiger partial charge is 0.261 e. The first-order valence-electron chi connectivity index (χ1n) is 4.25. The first-order valence-corrected chi connectivity index (χ1v) is 4.25. The van der Waals surface area contributed by atoms with Gasteiger partial charge in [-0.2, -0.15) is 0 Å². The average molecular weight is 149 g/mol. The van der Waals surface area contributed by atoms with Crippen LogP contribution in [0.2, 0.25) is 0 Å². The maximum Gasteiger partial charge on any atom is 0.0404 e. The van der Waals surface area contributed by atoms with Crippen molar-refractivity contribution in [1.82, 2.24) is 4.98 Å².